The van der Waals surface area contributed by atoms with Gasteiger partial charge < -0.3 is 105 Å². The van der Waals surface area contributed by atoms with E-state index in [2.05, 4.69) is 5.32 Å². The Morgan fingerprint density at radius 3 is 1.50 bits per heavy atom. The largest absolute Gasteiger partial charge is 0.394 e. The molecule has 4 aliphatic heterocycles. The van der Waals surface area contributed by atoms with Crippen LogP contribution < -0.4 is 5.32 Å². The van der Waals surface area contributed by atoms with E-state index < -0.39 is 155 Å². The Bertz CT molecular complexity index is 1030. The van der Waals surface area contributed by atoms with Crippen LogP contribution in [-0.2, 0) is 38.0 Å². The van der Waals surface area contributed by atoms with Gasteiger partial charge in [-0.05, 0) is 0 Å². The summed E-state index contributed by atoms with van der Waals surface area (Å²) in [5, 5.41) is 136. The van der Waals surface area contributed by atoms with Crippen LogP contribution in [0.15, 0.2) is 0 Å². The molecule has 4 rings (SSSR count). The Morgan fingerprint density at radius 2 is 0.958 bits per heavy atom. The van der Waals surface area contributed by atoms with Crippen LogP contribution in [0.2, 0.25) is 0 Å². The van der Waals surface area contributed by atoms with E-state index in [9.17, 15) is 71.2 Å². The fourth-order valence-electron chi connectivity index (χ4n) is 5.95. The Labute approximate surface area is 272 Å². The van der Waals surface area contributed by atoms with E-state index in [1.54, 1.807) is 0 Å². The second-order valence-electron chi connectivity index (χ2n) is 11.9. The molecule has 48 heavy (non-hydrogen) atoms. The van der Waals surface area contributed by atoms with Gasteiger partial charge >= 0.3 is 0 Å². The maximum absolute atomic E-state index is 12.2. The molecule has 0 aromatic carbocycles. The minimum Gasteiger partial charge on any atom is -0.394 e. The summed E-state index contributed by atoms with van der Waals surface area (Å²) < 4.78 is 38.5. The summed E-state index contributed by atoms with van der Waals surface area (Å²) in [7, 11) is 0. The molecule has 22 nitrogen and oxygen atoms in total. The molecule has 14 N–H and O–H groups in total. The predicted molar refractivity (Wildman–Crippen MR) is 145 cm³/mol. The van der Waals surface area contributed by atoms with Crippen molar-refractivity contribution in [3.63, 3.8) is 0 Å². The molecule has 4 saturated heterocycles. The zero-order valence-electron chi connectivity index (χ0n) is 25.5. The third-order valence-corrected chi connectivity index (χ3v) is 8.61. The van der Waals surface area contributed by atoms with E-state index in [0.29, 0.717) is 0 Å². The number of aliphatic hydroxyl groups is 13. The topological polar surface area (TPSA) is 357 Å². The summed E-state index contributed by atoms with van der Waals surface area (Å²) in [5.74, 6) is -0.755. The van der Waals surface area contributed by atoms with Gasteiger partial charge in [-0.3, -0.25) is 4.79 Å². The number of nitrogens with one attached hydrogen (secondary N) is 1. The van der Waals surface area contributed by atoms with Gasteiger partial charge in [0.25, 0.3) is 0 Å². The van der Waals surface area contributed by atoms with Gasteiger partial charge in [0.05, 0.1) is 26.4 Å². The third-order valence-electron chi connectivity index (χ3n) is 8.61. The quantitative estimate of drug-likeness (QED) is 0.0947. The first kappa shape index (κ1) is 39.5. The molecule has 1 amide bonds. The lowest BCUT2D eigenvalue weighted by Gasteiger charge is -2.49. The molecule has 0 aliphatic carbocycles. The molecule has 4 fully saturated rings. The lowest BCUT2D eigenvalue weighted by atomic mass is 9.94. The van der Waals surface area contributed by atoms with Gasteiger partial charge in [-0.2, -0.15) is 0 Å². The van der Waals surface area contributed by atoms with Crippen molar-refractivity contribution < 1.29 is 104 Å². The van der Waals surface area contributed by atoms with Crippen LogP contribution in [0.25, 0.3) is 0 Å². The van der Waals surface area contributed by atoms with Gasteiger partial charge in [-0.1, -0.05) is 0 Å². The molecule has 4 heterocycles. The molecular weight excluding hydrogens is 662 g/mol. The average Bonchev–Trinajstić information content (AvgIpc) is 3.06. The highest BCUT2D eigenvalue weighted by atomic mass is 16.8. The lowest BCUT2D eigenvalue weighted by molar-refractivity contribution is -0.380. The molecular formula is C26H45NO21. The smallest absolute Gasteiger partial charge is 0.217 e. The molecule has 0 saturated carbocycles. The molecule has 280 valence electrons. The van der Waals surface area contributed by atoms with Crippen molar-refractivity contribution in [2.24, 2.45) is 0 Å². The van der Waals surface area contributed by atoms with Crippen molar-refractivity contribution in [2.45, 2.75) is 130 Å². The molecule has 8 unspecified atom stereocenters. The van der Waals surface area contributed by atoms with E-state index in [-0.39, 0.29) is 0 Å². The van der Waals surface area contributed by atoms with Crippen LogP contribution in [0.3, 0.4) is 0 Å². The molecule has 20 atom stereocenters. The van der Waals surface area contributed by atoms with Crippen LogP contribution in [-0.4, -0.2) is 221 Å². The highest BCUT2D eigenvalue weighted by Crippen LogP contribution is 2.34. The van der Waals surface area contributed by atoms with Gasteiger partial charge in [0.15, 0.2) is 25.2 Å². The summed E-state index contributed by atoms with van der Waals surface area (Å²) in [6.07, 6.45) is -33.5. The van der Waals surface area contributed by atoms with Crippen LogP contribution in [0.1, 0.15) is 6.92 Å². The lowest BCUT2D eigenvalue weighted by Crippen LogP contribution is -2.69. The number of hydrogen-bond acceptors (Lipinski definition) is 21. The van der Waals surface area contributed by atoms with Crippen LogP contribution >= 0.6 is 0 Å². The summed E-state index contributed by atoms with van der Waals surface area (Å²) >= 11 is 0. The average molecular weight is 708 g/mol. The monoisotopic (exact) mass is 707 g/mol. The normalized spacial score (nSPS) is 50.2. The molecule has 0 spiro atoms. The molecule has 0 aromatic rings. The fraction of sp³-hybridized carbons (Fsp3) is 0.962. The maximum atomic E-state index is 12.2. The molecule has 22 heteroatoms. The fourth-order valence-corrected chi connectivity index (χ4v) is 5.95. The Hall–Kier alpha value is -1.33. The molecule has 0 aromatic heterocycles. The number of aliphatic hydroxyl groups excluding tert-OH is 13. The number of carbonyl (C=O) groups is 1. The van der Waals surface area contributed by atoms with Crippen molar-refractivity contribution in [1.29, 1.82) is 0 Å². The van der Waals surface area contributed by atoms with Crippen LogP contribution in [0.4, 0.5) is 0 Å². The maximum Gasteiger partial charge on any atom is 0.217 e. The van der Waals surface area contributed by atoms with Crippen molar-refractivity contribution in [1.82, 2.24) is 5.32 Å². The number of ether oxygens (including phenoxy) is 7. The highest BCUT2D eigenvalue weighted by molar-refractivity contribution is 5.73. The number of hydrogen-bond donors (Lipinski definition) is 14. The van der Waals surface area contributed by atoms with Crippen LogP contribution in [0, 0.1) is 0 Å². The van der Waals surface area contributed by atoms with Crippen molar-refractivity contribution in [3.8, 4) is 0 Å². The van der Waals surface area contributed by atoms with Crippen LogP contribution in [0.5, 0.6) is 0 Å². The Kier molecular flexibility index (Phi) is 13.8. The Balaban J connectivity index is 1.56. The van der Waals surface area contributed by atoms with E-state index in [0.717, 1.165) is 6.92 Å². The zero-order chi connectivity index (χ0) is 35.6. The summed E-state index contributed by atoms with van der Waals surface area (Å²) in [6, 6.07) is -1.61. The first-order chi connectivity index (χ1) is 22.7. The summed E-state index contributed by atoms with van der Waals surface area (Å²) in [4.78, 5) is 12.2. The van der Waals surface area contributed by atoms with E-state index >= 15 is 0 Å². The zero-order valence-corrected chi connectivity index (χ0v) is 25.5. The summed E-state index contributed by atoms with van der Waals surface area (Å²) in [5.41, 5.74) is 0. The first-order valence-electron chi connectivity index (χ1n) is 15.1. The molecule has 0 bridgehead atoms. The Morgan fingerprint density at radius 1 is 0.500 bits per heavy atom. The van der Waals surface area contributed by atoms with Gasteiger partial charge in [0, 0.05) is 6.92 Å². The predicted octanol–water partition coefficient (Wildman–Crippen LogP) is -9.61. The van der Waals surface area contributed by atoms with Gasteiger partial charge in [-0.15, -0.1) is 0 Å². The first-order valence-corrected chi connectivity index (χ1v) is 15.1. The highest BCUT2D eigenvalue weighted by Gasteiger charge is 2.55. The van der Waals surface area contributed by atoms with Gasteiger partial charge in [0.2, 0.25) is 5.91 Å². The third kappa shape index (κ3) is 8.08. The summed E-state index contributed by atoms with van der Waals surface area (Å²) in [6.45, 7) is -2.37. The minimum atomic E-state index is -2.02. The van der Waals surface area contributed by atoms with Gasteiger partial charge in [-0.25, -0.2) is 0 Å². The standard InChI is InChI=1S/C26H45NO21/c1-6(32)27-11-14(35)20(46-25-18(39)15(36)12(33)7(2-28)43-25)10(5-31)45-24(11)48-22-13(34)8(3-29)44-26(19(22)40)47-21-9(4-30)42-23(41)17(38)16(21)37/h7-26,28-31,33-41H,2-5H2,1H3,(H,27,32)/t7?,8?,9?,10?,11-,12-,13-,14?,15?,16+,17-,18-,19-,20+,21+,22?,23?,24-,25-,26-/m0/s1. The van der Waals surface area contributed by atoms with E-state index in [4.69, 9.17) is 33.2 Å². The van der Waals surface area contributed by atoms with Crippen molar-refractivity contribution >= 4 is 5.91 Å². The molecule has 4 aliphatic rings. The number of carbonyl (C=O) groups excluding carboxylic acids is 1. The van der Waals surface area contributed by atoms with Crippen molar-refractivity contribution in [3.05, 3.63) is 0 Å². The van der Waals surface area contributed by atoms with Gasteiger partial charge in [0.1, 0.15) is 97.6 Å². The van der Waals surface area contributed by atoms with E-state index in [1.165, 1.54) is 0 Å². The second kappa shape index (κ2) is 16.8. The molecule has 0 radical (unpaired) electrons. The van der Waals surface area contributed by atoms with E-state index in [1.807, 2.05) is 0 Å². The minimum absolute atomic E-state index is 0.755. The SMILES string of the molecule is CC(=O)N[C@H]1C(O)[C@H](O[C@@H]2OC(CO)[C@H](O)C(O)[C@@H]2O)C(CO)O[C@H]1OC1[C@@H](O)C(CO)O[C@@H](O[C@@H]2C(CO)OC(O)[C@@H](O)[C@H]2O)[C@H]1O. The number of amides is 1. The second-order valence-corrected chi connectivity index (χ2v) is 11.9. The number of rotatable bonds is 11. The van der Waals surface area contributed by atoms with Crippen molar-refractivity contribution in [2.75, 3.05) is 26.4 Å².